The Balaban J connectivity index is 0.000000720. The molecule has 1 saturated carbocycles. The number of halogens is 1. The van der Waals surface area contributed by atoms with Crippen molar-refractivity contribution in [1.82, 2.24) is 0 Å². The summed E-state index contributed by atoms with van der Waals surface area (Å²) in [4.78, 5) is 14.7. The van der Waals surface area contributed by atoms with Gasteiger partial charge < -0.3 is 5.11 Å². The summed E-state index contributed by atoms with van der Waals surface area (Å²) < 4.78 is 0. The van der Waals surface area contributed by atoms with Crippen LogP contribution >= 0.6 is 12.4 Å². The zero-order valence-corrected chi connectivity index (χ0v) is 7.51. The van der Waals surface area contributed by atoms with E-state index in [9.17, 15) is 4.79 Å². The minimum absolute atomic E-state index is 0. The lowest BCUT2D eigenvalue weighted by Gasteiger charge is -2.01. The molecule has 2 atom stereocenters. The summed E-state index contributed by atoms with van der Waals surface area (Å²) in [5.41, 5.74) is 1.16. The predicted molar refractivity (Wildman–Crippen MR) is 48.1 cm³/mol. The summed E-state index contributed by atoms with van der Waals surface area (Å²) in [7, 11) is 0. The van der Waals surface area contributed by atoms with E-state index in [4.69, 9.17) is 5.11 Å². The Labute approximate surface area is 77.3 Å². The molecule has 1 aliphatic heterocycles. The lowest BCUT2D eigenvalue weighted by Crippen LogP contribution is -2.15. The van der Waals surface area contributed by atoms with Crippen LogP contribution < -0.4 is 0 Å². The highest BCUT2D eigenvalue weighted by Gasteiger charge is 2.34. The molecule has 1 heterocycles. The number of fused-ring (bicyclic) bond motifs is 1. The zero-order chi connectivity index (χ0) is 7.84. The minimum Gasteiger partial charge on any atom is -0.480 e. The Bertz CT molecular complexity index is 227. The normalized spacial score (nSPS) is 32.2. The van der Waals surface area contributed by atoms with Crippen molar-refractivity contribution in [2.24, 2.45) is 10.9 Å². The van der Waals surface area contributed by atoms with Gasteiger partial charge in [0.15, 0.2) is 0 Å². The van der Waals surface area contributed by atoms with Gasteiger partial charge in [0.2, 0.25) is 0 Å². The zero-order valence-electron chi connectivity index (χ0n) is 6.69. The van der Waals surface area contributed by atoms with E-state index in [1.165, 1.54) is 6.42 Å². The van der Waals surface area contributed by atoms with Gasteiger partial charge in [-0.1, -0.05) is 0 Å². The van der Waals surface area contributed by atoms with Crippen LogP contribution in [0, 0.1) is 5.92 Å². The molecule has 0 spiro atoms. The van der Waals surface area contributed by atoms with Crippen molar-refractivity contribution in [3.8, 4) is 0 Å². The van der Waals surface area contributed by atoms with Crippen molar-refractivity contribution in [2.75, 3.05) is 0 Å². The van der Waals surface area contributed by atoms with Crippen LogP contribution in [0.4, 0.5) is 0 Å². The molecular weight excluding hydrogens is 178 g/mol. The van der Waals surface area contributed by atoms with Gasteiger partial charge in [-0.25, -0.2) is 4.79 Å². The maximum atomic E-state index is 10.5. The minimum atomic E-state index is -0.757. The van der Waals surface area contributed by atoms with Crippen LogP contribution in [0.1, 0.15) is 25.7 Å². The third kappa shape index (κ3) is 1.46. The van der Waals surface area contributed by atoms with Gasteiger partial charge in [-0.3, -0.25) is 4.99 Å². The summed E-state index contributed by atoms with van der Waals surface area (Å²) >= 11 is 0. The Morgan fingerprint density at radius 1 is 1.58 bits per heavy atom. The standard InChI is InChI=1S/C8H11NO2.ClH/c10-8(11)7-4-5-2-1-3-6(5)9-7;/h5,7H,1-4H2,(H,10,11);1H/t5?,7-;/m0./s1. The second-order valence-corrected chi connectivity index (χ2v) is 3.30. The fourth-order valence-corrected chi connectivity index (χ4v) is 2.00. The van der Waals surface area contributed by atoms with Crippen LogP contribution in [0.25, 0.3) is 0 Å². The quantitative estimate of drug-likeness (QED) is 0.680. The monoisotopic (exact) mass is 189 g/mol. The predicted octanol–water partition coefficient (Wildman–Crippen LogP) is 1.51. The van der Waals surface area contributed by atoms with E-state index in [0.717, 1.165) is 25.0 Å². The van der Waals surface area contributed by atoms with Crippen molar-refractivity contribution in [3.05, 3.63) is 0 Å². The number of aliphatic imine (C=N–C) groups is 1. The molecule has 0 amide bonds. The van der Waals surface area contributed by atoms with E-state index in [1.54, 1.807) is 0 Å². The average Bonchev–Trinajstić information content (AvgIpc) is 2.40. The summed E-state index contributed by atoms with van der Waals surface area (Å²) in [5.74, 6) is -0.247. The lowest BCUT2D eigenvalue weighted by molar-refractivity contribution is -0.138. The van der Waals surface area contributed by atoms with Crippen LogP contribution in [0.5, 0.6) is 0 Å². The molecular formula is C8H12ClNO2. The first kappa shape index (κ1) is 9.52. The number of carbonyl (C=O) groups is 1. The molecule has 0 aromatic rings. The molecule has 2 aliphatic rings. The Kier molecular flexibility index (Phi) is 2.73. The second-order valence-electron chi connectivity index (χ2n) is 3.30. The first-order chi connectivity index (χ1) is 5.27. The van der Waals surface area contributed by atoms with Crippen molar-refractivity contribution >= 4 is 24.1 Å². The molecule has 3 nitrogen and oxygen atoms in total. The van der Waals surface area contributed by atoms with E-state index in [-0.39, 0.29) is 12.4 Å². The number of carboxylic acids is 1. The average molecular weight is 190 g/mol. The van der Waals surface area contributed by atoms with E-state index in [2.05, 4.69) is 4.99 Å². The third-order valence-corrected chi connectivity index (χ3v) is 2.57. The second kappa shape index (κ2) is 3.44. The number of aliphatic carboxylic acids is 1. The molecule has 0 aromatic carbocycles. The Hall–Kier alpha value is -0.570. The molecule has 0 bridgehead atoms. The molecule has 1 N–H and O–H groups in total. The molecule has 4 heteroatoms. The smallest absolute Gasteiger partial charge is 0.328 e. The topological polar surface area (TPSA) is 49.7 Å². The van der Waals surface area contributed by atoms with Gasteiger partial charge in [-0.2, -0.15) is 0 Å². The number of hydrogen-bond donors (Lipinski definition) is 1. The van der Waals surface area contributed by atoms with Crippen LogP contribution in [0.15, 0.2) is 4.99 Å². The summed E-state index contributed by atoms with van der Waals surface area (Å²) in [6.07, 6.45) is 4.15. The van der Waals surface area contributed by atoms with Crippen molar-refractivity contribution < 1.29 is 9.90 Å². The molecule has 1 aliphatic carbocycles. The van der Waals surface area contributed by atoms with Gasteiger partial charge in [0.1, 0.15) is 6.04 Å². The molecule has 1 fully saturated rings. The molecule has 68 valence electrons. The highest BCUT2D eigenvalue weighted by molar-refractivity contribution is 5.93. The van der Waals surface area contributed by atoms with Gasteiger partial charge in [0.05, 0.1) is 0 Å². The van der Waals surface area contributed by atoms with Gasteiger partial charge >= 0.3 is 5.97 Å². The van der Waals surface area contributed by atoms with Gasteiger partial charge in [-0.05, 0) is 31.6 Å². The van der Waals surface area contributed by atoms with Crippen molar-refractivity contribution in [2.45, 2.75) is 31.7 Å². The maximum Gasteiger partial charge on any atom is 0.328 e. The summed E-state index contributed by atoms with van der Waals surface area (Å²) in [5, 5.41) is 8.66. The Morgan fingerprint density at radius 3 is 2.92 bits per heavy atom. The SMILES string of the molecule is Cl.O=C(O)[C@@H]1CC2CCCC2=N1. The van der Waals surface area contributed by atoms with Crippen molar-refractivity contribution in [3.63, 3.8) is 0 Å². The fourth-order valence-electron chi connectivity index (χ4n) is 2.00. The van der Waals surface area contributed by atoms with Crippen LogP contribution in [0.3, 0.4) is 0 Å². The van der Waals surface area contributed by atoms with Gasteiger partial charge in [0.25, 0.3) is 0 Å². The third-order valence-electron chi connectivity index (χ3n) is 2.57. The number of nitrogens with zero attached hydrogens (tertiary/aromatic N) is 1. The molecule has 1 unspecified atom stereocenters. The number of hydrogen-bond acceptors (Lipinski definition) is 2. The lowest BCUT2D eigenvalue weighted by atomic mass is 10.0. The summed E-state index contributed by atoms with van der Waals surface area (Å²) in [6.45, 7) is 0. The molecule has 0 saturated heterocycles. The first-order valence-corrected chi connectivity index (χ1v) is 4.07. The molecule has 2 rings (SSSR count). The van der Waals surface area contributed by atoms with Crippen LogP contribution in [0.2, 0.25) is 0 Å². The molecule has 12 heavy (non-hydrogen) atoms. The molecule has 0 aromatic heterocycles. The highest BCUT2D eigenvalue weighted by atomic mass is 35.5. The van der Waals surface area contributed by atoms with Gasteiger partial charge in [0, 0.05) is 5.71 Å². The Morgan fingerprint density at radius 2 is 2.33 bits per heavy atom. The first-order valence-electron chi connectivity index (χ1n) is 4.07. The van der Waals surface area contributed by atoms with E-state index in [0.29, 0.717) is 5.92 Å². The van der Waals surface area contributed by atoms with Crippen LogP contribution in [-0.2, 0) is 4.79 Å². The summed E-state index contributed by atoms with van der Waals surface area (Å²) in [6, 6.07) is -0.421. The number of carboxylic acid groups (broad SMARTS) is 1. The largest absolute Gasteiger partial charge is 0.480 e. The fraction of sp³-hybridized carbons (Fsp3) is 0.750. The van der Waals surface area contributed by atoms with Crippen molar-refractivity contribution in [1.29, 1.82) is 0 Å². The van der Waals surface area contributed by atoms with Gasteiger partial charge in [-0.15, -0.1) is 12.4 Å². The van der Waals surface area contributed by atoms with E-state index >= 15 is 0 Å². The van der Waals surface area contributed by atoms with E-state index in [1.807, 2.05) is 0 Å². The molecule has 0 radical (unpaired) electrons. The van der Waals surface area contributed by atoms with Crippen LogP contribution in [-0.4, -0.2) is 22.8 Å². The number of rotatable bonds is 1. The van der Waals surface area contributed by atoms with E-state index < -0.39 is 12.0 Å². The maximum absolute atomic E-state index is 10.5. The highest BCUT2D eigenvalue weighted by Crippen LogP contribution is 2.33.